The predicted molar refractivity (Wildman–Crippen MR) is 194 cm³/mol. The van der Waals surface area contributed by atoms with E-state index in [2.05, 4.69) is 130 Å². The number of rotatable bonds is 3. The van der Waals surface area contributed by atoms with Crippen molar-refractivity contribution < 1.29 is 4.42 Å². The molecule has 10 aromatic rings. The summed E-state index contributed by atoms with van der Waals surface area (Å²) in [7, 11) is 0. The molecule has 0 aliphatic heterocycles. The van der Waals surface area contributed by atoms with Gasteiger partial charge < -0.3 is 13.6 Å². The maximum atomic E-state index is 13.1. The Labute approximate surface area is 268 Å². The number of benzene rings is 7. The lowest BCUT2D eigenvalue weighted by Crippen LogP contribution is -2.02. The minimum Gasteiger partial charge on any atom is -0.422 e. The highest BCUT2D eigenvalue weighted by Gasteiger charge is 2.17. The predicted octanol–water partition coefficient (Wildman–Crippen LogP) is 10.8. The Balaban J connectivity index is 1.17. The number of hydrogen-bond donors (Lipinski definition) is 0. The van der Waals surface area contributed by atoms with Gasteiger partial charge in [0, 0.05) is 43.7 Å². The zero-order valence-corrected chi connectivity index (χ0v) is 25.2. The first-order valence-corrected chi connectivity index (χ1v) is 15.8. The molecule has 0 bridgehead atoms. The minimum absolute atomic E-state index is 0.326. The molecule has 0 atom stereocenters. The minimum atomic E-state index is -0.326. The lowest BCUT2D eigenvalue weighted by atomic mass is 10.0. The van der Waals surface area contributed by atoms with Crippen LogP contribution in [0.1, 0.15) is 0 Å². The molecule has 0 amide bonds. The fraction of sp³-hybridized carbons (Fsp3) is 0. The Morgan fingerprint density at radius 1 is 0.362 bits per heavy atom. The van der Waals surface area contributed by atoms with Gasteiger partial charge in [-0.15, -0.1) is 0 Å². The molecule has 0 fully saturated rings. The van der Waals surface area contributed by atoms with E-state index in [1.807, 2.05) is 36.4 Å². The third kappa shape index (κ3) is 3.79. The molecule has 0 aliphatic rings. The molecule has 0 aliphatic carbocycles. The van der Waals surface area contributed by atoms with Crippen molar-refractivity contribution in [2.45, 2.75) is 0 Å². The normalized spacial score (nSPS) is 11.9. The van der Waals surface area contributed by atoms with E-state index in [1.54, 1.807) is 0 Å². The fourth-order valence-electron chi connectivity index (χ4n) is 7.45. The molecule has 4 heteroatoms. The SMILES string of the molecule is O=c1oc2ccccc2c2ccc(-n3c4ccccc4c4cc(-c5ccc6c(c5)c5ccccc5n6-c5ccccc5)ccc43)cc12. The van der Waals surface area contributed by atoms with Crippen LogP contribution >= 0.6 is 0 Å². The van der Waals surface area contributed by atoms with Crippen LogP contribution in [0.4, 0.5) is 0 Å². The maximum Gasteiger partial charge on any atom is 0.344 e. The summed E-state index contributed by atoms with van der Waals surface area (Å²) in [5.74, 6) is 0. The van der Waals surface area contributed by atoms with Crippen LogP contribution < -0.4 is 5.63 Å². The van der Waals surface area contributed by atoms with Crippen molar-refractivity contribution in [3.05, 3.63) is 168 Å². The molecule has 10 rings (SSSR count). The lowest BCUT2D eigenvalue weighted by molar-refractivity contribution is 0.569. The monoisotopic (exact) mass is 602 g/mol. The van der Waals surface area contributed by atoms with Crippen LogP contribution in [-0.2, 0) is 0 Å². The van der Waals surface area contributed by atoms with E-state index in [-0.39, 0.29) is 5.63 Å². The zero-order valence-electron chi connectivity index (χ0n) is 25.2. The number of fused-ring (bicyclic) bond motifs is 9. The van der Waals surface area contributed by atoms with Gasteiger partial charge in [0.05, 0.1) is 27.5 Å². The summed E-state index contributed by atoms with van der Waals surface area (Å²) in [6.45, 7) is 0. The highest BCUT2D eigenvalue weighted by atomic mass is 16.4. The van der Waals surface area contributed by atoms with Crippen molar-refractivity contribution in [3.63, 3.8) is 0 Å². The van der Waals surface area contributed by atoms with Gasteiger partial charge in [0.15, 0.2) is 0 Å². The summed E-state index contributed by atoms with van der Waals surface area (Å²) in [5, 5.41) is 7.20. The van der Waals surface area contributed by atoms with Crippen molar-refractivity contribution in [1.29, 1.82) is 0 Å². The van der Waals surface area contributed by atoms with E-state index in [1.165, 1.54) is 27.4 Å². The van der Waals surface area contributed by atoms with Gasteiger partial charge in [0.25, 0.3) is 0 Å². The summed E-state index contributed by atoms with van der Waals surface area (Å²) in [6.07, 6.45) is 0. The summed E-state index contributed by atoms with van der Waals surface area (Å²) >= 11 is 0. The van der Waals surface area contributed by atoms with Crippen LogP contribution in [0.3, 0.4) is 0 Å². The molecule has 4 nitrogen and oxygen atoms in total. The molecule has 3 aromatic heterocycles. The largest absolute Gasteiger partial charge is 0.422 e. The first-order valence-electron chi connectivity index (χ1n) is 15.8. The van der Waals surface area contributed by atoms with Crippen molar-refractivity contribution in [3.8, 4) is 22.5 Å². The third-order valence-corrected chi connectivity index (χ3v) is 9.55. The molecule has 0 saturated heterocycles. The smallest absolute Gasteiger partial charge is 0.344 e. The van der Waals surface area contributed by atoms with E-state index in [0.717, 1.165) is 49.5 Å². The molecule has 0 N–H and O–H groups in total. The van der Waals surface area contributed by atoms with Crippen molar-refractivity contribution >= 4 is 65.4 Å². The van der Waals surface area contributed by atoms with E-state index < -0.39 is 0 Å². The van der Waals surface area contributed by atoms with Crippen LogP contribution in [0.5, 0.6) is 0 Å². The molecular weight excluding hydrogens is 576 g/mol. The number of nitrogens with zero attached hydrogens (tertiary/aromatic N) is 2. The van der Waals surface area contributed by atoms with Crippen LogP contribution in [0.25, 0.3) is 87.9 Å². The molecule has 0 spiro atoms. The Hall–Kier alpha value is -6.39. The zero-order chi connectivity index (χ0) is 31.1. The van der Waals surface area contributed by atoms with E-state index >= 15 is 0 Å². The van der Waals surface area contributed by atoms with Gasteiger partial charge in [-0.2, -0.15) is 0 Å². The Morgan fingerprint density at radius 2 is 0.894 bits per heavy atom. The molecule has 220 valence electrons. The Morgan fingerprint density at radius 3 is 1.55 bits per heavy atom. The van der Waals surface area contributed by atoms with Crippen LogP contribution in [0, 0.1) is 0 Å². The molecule has 0 saturated carbocycles. The molecule has 0 unspecified atom stereocenters. The second-order valence-electron chi connectivity index (χ2n) is 12.1. The summed E-state index contributed by atoms with van der Waals surface area (Å²) in [5.41, 5.74) is 9.24. The van der Waals surface area contributed by atoms with E-state index in [4.69, 9.17) is 4.42 Å². The van der Waals surface area contributed by atoms with E-state index in [0.29, 0.717) is 11.0 Å². The summed E-state index contributed by atoms with van der Waals surface area (Å²) in [6, 6.07) is 55.0. The molecular formula is C43H26N2O2. The quantitative estimate of drug-likeness (QED) is 0.149. The van der Waals surface area contributed by atoms with Crippen LogP contribution in [-0.4, -0.2) is 9.13 Å². The van der Waals surface area contributed by atoms with Crippen LogP contribution in [0.2, 0.25) is 0 Å². The Bertz CT molecular complexity index is 2930. The Kier molecular flexibility index (Phi) is 5.40. The van der Waals surface area contributed by atoms with Crippen molar-refractivity contribution in [1.82, 2.24) is 9.13 Å². The van der Waals surface area contributed by atoms with Crippen molar-refractivity contribution in [2.24, 2.45) is 0 Å². The lowest BCUT2D eigenvalue weighted by Gasteiger charge is -2.10. The number of para-hydroxylation sites is 4. The van der Waals surface area contributed by atoms with Gasteiger partial charge in [-0.1, -0.05) is 91.0 Å². The van der Waals surface area contributed by atoms with Gasteiger partial charge in [-0.25, -0.2) is 4.79 Å². The molecule has 0 radical (unpaired) electrons. The third-order valence-electron chi connectivity index (χ3n) is 9.55. The van der Waals surface area contributed by atoms with Gasteiger partial charge in [0.1, 0.15) is 5.58 Å². The second kappa shape index (κ2) is 9.80. The number of hydrogen-bond acceptors (Lipinski definition) is 2. The topological polar surface area (TPSA) is 40.1 Å². The van der Waals surface area contributed by atoms with Gasteiger partial charge in [-0.3, -0.25) is 0 Å². The standard InChI is InChI=1S/C43H26N2O2/c46-43-37-26-30(20-21-31(37)34-14-6-9-17-42(34)47-43)45-39-16-8-5-13-33(39)36-25-28(19-23-41(36)45)27-18-22-40-35(24-27)32-12-4-7-15-38(32)44(40)29-10-2-1-3-11-29/h1-26H. The van der Waals surface area contributed by atoms with Crippen molar-refractivity contribution in [2.75, 3.05) is 0 Å². The second-order valence-corrected chi connectivity index (χ2v) is 12.1. The average molecular weight is 603 g/mol. The number of aromatic nitrogens is 2. The van der Waals surface area contributed by atoms with Gasteiger partial charge in [0.2, 0.25) is 0 Å². The van der Waals surface area contributed by atoms with Gasteiger partial charge in [-0.05, 0) is 77.9 Å². The molecule has 3 heterocycles. The highest BCUT2D eigenvalue weighted by Crippen LogP contribution is 2.38. The maximum absolute atomic E-state index is 13.1. The van der Waals surface area contributed by atoms with Gasteiger partial charge >= 0.3 is 5.63 Å². The van der Waals surface area contributed by atoms with Crippen LogP contribution in [0.15, 0.2) is 167 Å². The first-order chi connectivity index (χ1) is 23.2. The van der Waals surface area contributed by atoms with E-state index in [9.17, 15) is 4.79 Å². The fourth-order valence-corrected chi connectivity index (χ4v) is 7.45. The highest BCUT2D eigenvalue weighted by molar-refractivity contribution is 6.13. The summed E-state index contributed by atoms with van der Waals surface area (Å²) < 4.78 is 10.3. The molecule has 47 heavy (non-hydrogen) atoms. The molecule has 7 aromatic carbocycles. The first kappa shape index (κ1) is 25.9. The summed E-state index contributed by atoms with van der Waals surface area (Å²) in [4.78, 5) is 13.1. The average Bonchev–Trinajstić information content (AvgIpc) is 3.64.